The van der Waals surface area contributed by atoms with Crippen LogP contribution in [0.1, 0.15) is 17.3 Å². The Morgan fingerprint density at radius 3 is 2.95 bits per heavy atom. The number of hydrogen-bond acceptors (Lipinski definition) is 4. The van der Waals surface area contributed by atoms with Gasteiger partial charge in [0.2, 0.25) is 0 Å². The second kappa shape index (κ2) is 7.39. The standard InChI is InChI=1S/C14H18N2O3/c1-11(9-15)10-16(2)6-7-19-13-5-3-4-12(8-13)14(17)18/h3-5,8,11H,6-7,10H2,1-2H3,(H,17,18). The van der Waals surface area contributed by atoms with E-state index in [4.69, 9.17) is 15.1 Å². The van der Waals surface area contributed by atoms with Gasteiger partial charge in [-0.1, -0.05) is 6.07 Å². The van der Waals surface area contributed by atoms with Crippen molar-refractivity contribution < 1.29 is 14.6 Å². The molecule has 1 N–H and O–H groups in total. The monoisotopic (exact) mass is 262 g/mol. The molecule has 5 nitrogen and oxygen atoms in total. The van der Waals surface area contributed by atoms with Crippen molar-refractivity contribution in [3.8, 4) is 11.8 Å². The Balaban J connectivity index is 2.39. The van der Waals surface area contributed by atoms with E-state index in [-0.39, 0.29) is 11.5 Å². The summed E-state index contributed by atoms with van der Waals surface area (Å²) in [6.45, 7) is 3.70. The summed E-state index contributed by atoms with van der Waals surface area (Å²) in [5.74, 6) is -0.438. The average Bonchev–Trinajstić information content (AvgIpc) is 2.38. The Morgan fingerprint density at radius 2 is 2.32 bits per heavy atom. The number of carboxylic acid groups (broad SMARTS) is 1. The minimum Gasteiger partial charge on any atom is -0.492 e. The molecule has 0 fully saturated rings. The average molecular weight is 262 g/mol. The number of benzene rings is 1. The van der Waals surface area contributed by atoms with Crippen molar-refractivity contribution >= 4 is 5.97 Å². The van der Waals surface area contributed by atoms with E-state index in [0.717, 1.165) is 0 Å². The predicted molar refractivity (Wildman–Crippen MR) is 71.2 cm³/mol. The largest absolute Gasteiger partial charge is 0.492 e. The van der Waals surface area contributed by atoms with Gasteiger partial charge in [-0.2, -0.15) is 5.26 Å². The molecule has 0 aliphatic carbocycles. The van der Waals surface area contributed by atoms with Gasteiger partial charge in [-0.25, -0.2) is 4.79 Å². The van der Waals surface area contributed by atoms with Crippen LogP contribution in [0.3, 0.4) is 0 Å². The fourth-order valence-corrected chi connectivity index (χ4v) is 1.64. The molecule has 0 spiro atoms. The van der Waals surface area contributed by atoms with Crippen molar-refractivity contribution in [1.82, 2.24) is 4.90 Å². The van der Waals surface area contributed by atoms with Crippen LogP contribution in [0.5, 0.6) is 5.75 Å². The van der Waals surface area contributed by atoms with E-state index in [0.29, 0.717) is 25.4 Å². The quantitative estimate of drug-likeness (QED) is 0.811. The summed E-state index contributed by atoms with van der Waals surface area (Å²) >= 11 is 0. The summed E-state index contributed by atoms with van der Waals surface area (Å²) in [6, 6.07) is 8.58. The van der Waals surface area contributed by atoms with Gasteiger partial charge in [0.05, 0.1) is 17.6 Å². The molecule has 0 radical (unpaired) electrons. The molecule has 0 aliphatic heterocycles. The summed E-state index contributed by atoms with van der Waals surface area (Å²) in [5, 5.41) is 17.6. The van der Waals surface area contributed by atoms with Crippen molar-refractivity contribution in [2.45, 2.75) is 6.92 Å². The molecule has 0 saturated heterocycles. The van der Waals surface area contributed by atoms with E-state index >= 15 is 0 Å². The third kappa shape index (κ3) is 5.40. The SMILES string of the molecule is CC(C#N)CN(C)CCOc1cccc(C(=O)O)c1. The van der Waals surface area contributed by atoms with E-state index in [1.165, 1.54) is 12.1 Å². The summed E-state index contributed by atoms with van der Waals surface area (Å²) in [5.41, 5.74) is 0.212. The summed E-state index contributed by atoms with van der Waals surface area (Å²) in [4.78, 5) is 12.8. The third-order valence-corrected chi connectivity index (χ3v) is 2.63. The van der Waals surface area contributed by atoms with E-state index in [9.17, 15) is 4.79 Å². The Labute approximate surface area is 113 Å². The van der Waals surface area contributed by atoms with Gasteiger partial charge < -0.3 is 14.7 Å². The van der Waals surface area contributed by atoms with Crippen molar-refractivity contribution in [1.29, 1.82) is 5.26 Å². The number of hydrogen-bond donors (Lipinski definition) is 1. The Morgan fingerprint density at radius 1 is 1.58 bits per heavy atom. The van der Waals surface area contributed by atoms with Gasteiger partial charge in [0, 0.05) is 13.1 Å². The minimum atomic E-state index is -0.967. The number of carbonyl (C=O) groups is 1. The van der Waals surface area contributed by atoms with Crippen LogP contribution in [-0.2, 0) is 0 Å². The Kier molecular flexibility index (Phi) is 5.83. The molecule has 0 amide bonds. The van der Waals surface area contributed by atoms with Crippen LogP contribution < -0.4 is 4.74 Å². The molecule has 0 aliphatic rings. The molecule has 1 aromatic carbocycles. The molecule has 19 heavy (non-hydrogen) atoms. The molecule has 0 heterocycles. The number of rotatable bonds is 7. The van der Waals surface area contributed by atoms with Gasteiger partial charge in [0.1, 0.15) is 12.4 Å². The van der Waals surface area contributed by atoms with E-state index in [1.54, 1.807) is 12.1 Å². The first-order valence-electron chi connectivity index (χ1n) is 6.07. The second-order valence-corrected chi connectivity index (χ2v) is 4.47. The van der Waals surface area contributed by atoms with Crippen LogP contribution in [-0.4, -0.2) is 42.7 Å². The fraction of sp³-hybridized carbons (Fsp3) is 0.429. The zero-order valence-electron chi connectivity index (χ0n) is 11.2. The highest BCUT2D eigenvalue weighted by molar-refractivity contribution is 5.87. The lowest BCUT2D eigenvalue weighted by atomic mass is 10.2. The summed E-state index contributed by atoms with van der Waals surface area (Å²) in [6.07, 6.45) is 0. The van der Waals surface area contributed by atoms with E-state index in [1.807, 2.05) is 18.9 Å². The zero-order valence-corrected chi connectivity index (χ0v) is 11.2. The number of ether oxygens (including phenoxy) is 1. The molecular weight excluding hydrogens is 244 g/mol. The van der Waals surface area contributed by atoms with Crippen molar-refractivity contribution in [2.24, 2.45) is 5.92 Å². The topological polar surface area (TPSA) is 73.6 Å². The highest BCUT2D eigenvalue weighted by atomic mass is 16.5. The van der Waals surface area contributed by atoms with Crippen LogP contribution >= 0.6 is 0 Å². The second-order valence-electron chi connectivity index (χ2n) is 4.47. The van der Waals surface area contributed by atoms with Gasteiger partial charge >= 0.3 is 5.97 Å². The van der Waals surface area contributed by atoms with E-state index in [2.05, 4.69) is 6.07 Å². The molecule has 1 atom stereocenters. The van der Waals surface area contributed by atoms with Gasteiger partial charge in [-0.05, 0) is 32.2 Å². The summed E-state index contributed by atoms with van der Waals surface area (Å²) in [7, 11) is 1.92. The number of nitriles is 1. The Hall–Kier alpha value is -2.06. The number of carboxylic acids is 1. The smallest absolute Gasteiger partial charge is 0.335 e. The predicted octanol–water partition coefficient (Wildman–Crippen LogP) is 1.86. The normalized spacial score (nSPS) is 11.9. The lowest BCUT2D eigenvalue weighted by molar-refractivity contribution is 0.0696. The fourth-order valence-electron chi connectivity index (χ4n) is 1.64. The van der Waals surface area contributed by atoms with Crippen LogP contribution in [0, 0.1) is 17.2 Å². The van der Waals surface area contributed by atoms with Crippen molar-refractivity contribution in [2.75, 3.05) is 26.7 Å². The Bertz CT molecular complexity index is 468. The molecule has 1 rings (SSSR count). The third-order valence-electron chi connectivity index (χ3n) is 2.63. The molecule has 1 aromatic rings. The molecular formula is C14H18N2O3. The number of likely N-dealkylation sites (N-methyl/N-ethyl adjacent to an activating group) is 1. The first kappa shape index (κ1) is 15.0. The van der Waals surface area contributed by atoms with Crippen LogP contribution in [0.4, 0.5) is 0 Å². The highest BCUT2D eigenvalue weighted by Gasteiger charge is 2.06. The molecule has 0 saturated carbocycles. The maximum absolute atomic E-state index is 10.8. The van der Waals surface area contributed by atoms with Gasteiger partial charge in [0.15, 0.2) is 0 Å². The van der Waals surface area contributed by atoms with Gasteiger partial charge in [0.25, 0.3) is 0 Å². The van der Waals surface area contributed by atoms with Crippen LogP contribution in [0.25, 0.3) is 0 Å². The number of aromatic carboxylic acids is 1. The zero-order chi connectivity index (χ0) is 14.3. The highest BCUT2D eigenvalue weighted by Crippen LogP contribution is 2.13. The lowest BCUT2D eigenvalue weighted by Crippen LogP contribution is -2.28. The minimum absolute atomic E-state index is 0.0136. The molecule has 1 unspecified atom stereocenters. The van der Waals surface area contributed by atoms with E-state index < -0.39 is 5.97 Å². The molecule has 0 aromatic heterocycles. The maximum Gasteiger partial charge on any atom is 0.335 e. The molecule has 5 heteroatoms. The molecule has 0 bridgehead atoms. The molecule has 102 valence electrons. The first-order valence-corrected chi connectivity index (χ1v) is 6.07. The van der Waals surface area contributed by atoms with Crippen molar-refractivity contribution in [3.05, 3.63) is 29.8 Å². The maximum atomic E-state index is 10.8. The van der Waals surface area contributed by atoms with Crippen molar-refractivity contribution in [3.63, 3.8) is 0 Å². The summed E-state index contributed by atoms with van der Waals surface area (Å²) < 4.78 is 5.49. The first-order chi connectivity index (χ1) is 9.02. The van der Waals surface area contributed by atoms with Gasteiger partial charge in [-0.15, -0.1) is 0 Å². The van der Waals surface area contributed by atoms with Crippen LogP contribution in [0.15, 0.2) is 24.3 Å². The van der Waals surface area contributed by atoms with Crippen LogP contribution in [0.2, 0.25) is 0 Å². The van der Waals surface area contributed by atoms with Gasteiger partial charge in [-0.3, -0.25) is 0 Å². The number of nitrogens with zero attached hydrogens (tertiary/aromatic N) is 2. The lowest BCUT2D eigenvalue weighted by Gasteiger charge is -2.17.